The molecule has 0 amide bonds. The monoisotopic (exact) mass is 256 g/mol. The Morgan fingerprint density at radius 1 is 1.46 bits per heavy atom. The molecule has 13 heavy (non-hydrogen) atoms. The maximum absolute atomic E-state index is 4.46. The van der Waals surface area contributed by atoms with Crippen LogP contribution < -0.4 is 5.32 Å². The maximum atomic E-state index is 4.46. The van der Waals surface area contributed by atoms with Crippen LogP contribution in [0.3, 0.4) is 0 Å². The number of halogens is 1. The lowest BCUT2D eigenvalue weighted by molar-refractivity contribution is 1.38. The van der Waals surface area contributed by atoms with E-state index in [-0.39, 0.29) is 0 Å². The zero-order chi connectivity index (χ0) is 9.42. The van der Waals surface area contributed by atoms with E-state index in [4.69, 9.17) is 0 Å². The highest BCUT2D eigenvalue weighted by Gasteiger charge is 2.05. The van der Waals surface area contributed by atoms with Gasteiger partial charge in [0.2, 0.25) is 0 Å². The molecule has 0 unspecified atom stereocenters. The van der Waals surface area contributed by atoms with Crippen LogP contribution in [0.2, 0.25) is 0 Å². The Morgan fingerprint density at radius 2 is 2.23 bits per heavy atom. The number of nitrogens with zero attached hydrogens (tertiary/aromatic N) is 1. The number of hydrogen-bond acceptors (Lipinski definition) is 3. The standard InChI is InChI=1S/C9H9BrN2S/c1-5-3-6(10)4-7-8(5)12-9(11-2)13-7/h3-4H,1-2H3,(H,11,12). The van der Waals surface area contributed by atoms with Gasteiger partial charge in [-0.25, -0.2) is 4.98 Å². The van der Waals surface area contributed by atoms with E-state index >= 15 is 0 Å². The predicted octanol–water partition coefficient (Wildman–Crippen LogP) is 3.41. The summed E-state index contributed by atoms with van der Waals surface area (Å²) in [6.45, 7) is 2.08. The largest absolute Gasteiger partial charge is 0.365 e. The van der Waals surface area contributed by atoms with Gasteiger partial charge in [-0.1, -0.05) is 27.3 Å². The van der Waals surface area contributed by atoms with E-state index < -0.39 is 0 Å². The Morgan fingerprint density at radius 3 is 2.92 bits per heavy atom. The zero-order valence-corrected chi connectivity index (χ0v) is 9.79. The number of aryl methyl sites for hydroxylation is 1. The van der Waals surface area contributed by atoms with Crippen LogP contribution in [0.25, 0.3) is 10.2 Å². The first-order valence-corrected chi connectivity index (χ1v) is 5.56. The molecule has 2 rings (SSSR count). The summed E-state index contributed by atoms with van der Waals surface area (Å²) >= 11 is 5.15. The van der Waals surface area contributed by atoms with Gasteiger partial charge >= 0.3 is 0 Å². The highest BCUT2D eigenvalue weighted by atomic mass is 79.9. The molecule has 0 fully saturated rings. The van der Waals surface area contributed by atoms with Crippen LogP contribution in [0, 0.1) is 6.92 Å². The minimum atomic E-state index is 0.969. The molecule has 0 aliphatic heterocycles. The number of nitrogens with one attached hydrogen (secondary N) is 1. The Bertz CT molecular complexity index is 450. The van der Waals surface area contributed by atoms with Crippen molar-refractivity contribution >= 4 is 42.6 Å². The van der Waals surface area contributed by atoms with Crippen molar-refractivity contribution in [3.8, 4) is 0 Å². The fourth-order valence-corrected chi connectivity index (χ4v) is 2.92. The minimum Gasteiger partial charge on any atom is -0.365 e. The van der Waals surface area contributed by atoms with Crippen molar-refractivity contribution in [2.75, 3.05) is 12.4 Å². The smallest absolute Gasteiger partial charge is 0.183 e. The quantitative estimate of drug-likeness (QED) is 0.846. The van der Waals surface area contributed by atoms with E-state index in [1.165, 1.54) is 10.3 Å². The number of benzene rings is 1. The predicted molar refractivity (Wildman–Crippen MR) is 61.6 cm³/mol. The second kappa shape index (κ2) is 3.27. The number of thiazole rings is 1. The van der Waals surface area contributed by atoms with Crippen molar-refractivity contribution in [3.63, 3.8) is 0 Å². The van der Waals surface area contributed by atoms with Crippen LogP contribution in [-0.4, -0.2) is 12.0 Å². The van der Waals surface area contributed by atoms with Gasteiger partial charge in [-0.15, -0.1) is 0 Å². The first-order valence-electron chi connectivity index (χ1n) is 3.95. The third kappa shape index (κ3) is 1.56. The molecule has 1 heterocycles. The number of aromatic nitrogens is 1. The van der Waals surface area contributed by atoms with E-state index in [9.17, 15) is 0 Å². The lowest BCUT2D eigenvalue weighted by atomic mass is 10.2. The fraction of sp³-hybridized carbons (Fsp3) is 0.222. The summed E-state index contributed by atoms with van der Waals surface area (Å²) in [5.74, 6) is 0. The Labute approximate surface area is 89.1 Å². The first-order chi connectivity index (χ1) is 6.20. The molecule has 2 aromatic rings. The molecular formula is C9H9BrN2S. The van der Waals surface area contributed by atoms with Gasteiger partial charge in [0.05, 0.1) is 10.2 Å². The Hall–Kier alpha value is -0.610. The molecule has 68 valence electrons. The van der Waals surface area contributed by atoms with Gasteiger partial charge in [-0.3, -0.25) is 0 Å². The highest BCUT2D eigenvalue weighted by molar-refractivity contribution is 9.10. The maximum Gasteiger partial charge on any atom is 0.183 e. The van der Waals surface area contributed by atoms with Gasteiger partial charge in [-0.2, -0.15) is 0 Å². The molecule has 1 N–H and O–H groups in total. The molecule has 1 aromatic heterocycles. The summed E-state index contributed by atoms with van der Waals surface area (Å²) < 4.78 is 2.33. The Kier molecular flexibility index (Phi) is 2.26. The lowest BCUT2D eigenvalue weighted by Crippen LogP contribution is -1.84. The number of anilines is 1. The van der Waals surface area contributed by atoms with Gasteiger partial charge in [-0.05, 0) is 24.6 Å². The normalized spacial score (nSPS) is 10.7. The molecule has 0 aliphatic carbocycles. The average molecular weight is 257 g/mol. The SMILES string of the molecule is CNc1nc2c(C)cc(Br)cc2s1. The molecule has 2 nitrogen and oxygen atoms in total. The van der Waals surface area contributed by atoms with Crippen LogP contribution in [-0.2, 0) is 0 Å². The van der Waals surface area contributed by atoms with Crippen LogP contribution in [0.4, 0.5) is 5.13 Å². The zero-order valence-electron chi connectivity index (χ0n) is 7.39. The van der Waals surface area contributed by atoms with E-state index in [1.54, 1.807) is 11.3 Å². The molecule has 0 aliphatic rings. The van der Waals surface area contributed by atoms with Crippen molar-refractivity contribution in [2.45, 2.75) is 6.92 Å². The van der Waals surface area contributed by atoms with Gasteiger partial charge in [0, 0.05) is 11.5 Å². The first kappa shape index (κ1) is 8.97. The summed E-state index contributed by atoms with van der Waals surface area (Å²) in [4.78, 5) is 4.46. The summed E-state index contributed by atoms with van der Waals surface area (Å²) in [5.41, 5.74) is 2.31. The van der Waals surface area contributed by atoms with Crippen LogP contribution >= 0.6 is 27.3 Å². The molecule has 0 spiro atoms. The molecule has 1 aromatic carbocycles. The summed E-state index contributed by atoms with van der Waals surface area (Å²) in [7, 11) is 1.89. The van der Waals surface area contributed by atoms with E-state index in [0.717, 1.165) is 15.1 Å². The third-order valence-electron chi connectivity index (χ3n) is 1.86. The van der Waals surface area contributed by atoms with E-state index in [0.29, 0.717) is 0 Å². The van der Waals surface area contributed by atoms with E-state index in [1.807, 2.05) is 7.05 Å². The van der Waals surface area contributed by atoms with Crippen molar-refractivity contribution in [1.29, 1.82) is 0 Å². The summed E-state index contributed by atoms with van der Waals surface area (Å²) in [5, 5.41) is 4.02. The van der Waals surface area contributed by atoms with E-state index in [2.05, 4.69) is 45.3 Å². The minimum absolute atomic E-state index is 0.969. The highest BCUT2D eigenvalue weighted by Crippen LogP contribution is 2.30. The van der Waals surface area contributed by atoms with Gasteiger partial charge in [0.25, 0.3) is 0 Å². The number of rotatable bonds is 1. The molecule has 4 heteroatoms. The second-order valence-electron chi connectivity index (χ2n) is 2.84. The van der Waals surface area contributed by atoms with Crippen molar-refractivity contribution in [3.05, 3.63) is 22.2 Å². The van der Waals surface area contributed by atoms with Crippen LogP contribution in [0.1, 0.15) is 5.56 Å². The molecule has 0 saturated heterocycles. The fourth-order valence-electron chi connectivity index (χ4n) is 1.26. The van der Waals surface area contributed by atoms with Crippen LogP contribution in [0.5, 0.6) is 0 Å². The van der Waals surface area contributed by atoms with Gasteiger partial charge < -0.3 is 5.32 Å². The third-order valence-corrected chi connectivity index (χ3v) is 3.34. The van der Waals surface area contributed by atoms with Gasteiger partial charge in [0.15, 0.2) is 5.13 Å². The second-order valence-corrected chi connectivity index (χ2v) is 4.78. The average Bonchev–Trinajstić information content (AvgIpc) is 2.47. The number of hydrogen-bond donors (Lipinski definition) is 1. The summed E-state index contributed by atoms with van der Waals surface area (Å²) in [6, 6.07) is 4.18. The summed E-state index contributed by atoms with van der Waals surface area (Å²) in [6.07, 6.45) is 0. The molecule has 0 atom stereocenters. The Balaban J connectivity index is 2.75. The molecule has 0 saturated carbocycles. The molecular weight excluding hydrogens is 248 g/mol. The van der Waals surface area contributed by atoms with Crippen LogP contribution in [0.15, 0.2) is 16.6 Å². The van der Waals surface area contributed by atoms with Gasteiger partial charge in [0.1, 0.15) is 0 Å². The van der Waals surface area contributed by atoms with Crippen molar-refractivity contribution in [1.82, 2.24) is 4.98 Å². The lowest BCUT2D eigenvalue weighted by Gasteiger charge is -1.94. The van der Waals surface area contributed by atoms with Crippen molar-refractivity contribution < 1.29 is 0 Å². The molecule has 0 bridgehead atoms. The molecule has 0 radical (unpaired) electrons. The number of fused-ring (bicyclic) bond motifs is 1. The van der Waals surface area contributed by atoms with Crippen molar-refractivity contribution in [2.24, 2.45) is 0 Å². The topological polar surface area (TPSA) is 24.9 Å².